The molecule has 24 heavy (non-hydrogen) atoms. The van der Waals surface area contributed by atoms with Gasteiger partial charge < -0.3 is 15.2 Å². The van der Waals surface area contributed by atoms with Gasteiger partial charge in [0.15, 0.2) is 0 Å². The number of amides is 2. The molecule has 0 bridgehead atoms. The molecule has 2 amide bonds. The van der Waals surface area contributed by atoms with Crippen LogP contribution >= 0.6 is 0 Å². The van der Waals surface area contributed by atoms with Crippen LogP contribution in [0.2, 0.25) is 0 Å². The zero-order valence-corrected chi connectivity index (χ0v) is 15.0. The largest absolute Gasteiger partial charge is 0.354 e. The summed E-state index contributed by atoms with van der Waals surface area (Å²) in [7, 11) is 3.59. The minimum atomic E-state index is -0.0711. The Labute approximate surface area is 144 Å². The van der Waals surface area contributed by atoms with E-state index in [1.165, 1.54) is 5.69 Å². The summed E-state index contributed by atoms with van der Waals surface area (Å²) in [4.78, 5) is 24.7. The molecule has 1 aromatic rings. The molecule has 0 aliphatic heterocycles. The van der Waals surface area contributed by atoms with E-state index in [9.17, 15) is 9.59 Å². The van der Waals surface area contributed by atoms with Crippen LogP contribution in [0.4, 0.5) is 0 Å². The van der Waals surface area contributed by atoms with Crippen molar-refractivity contribution in [1.29, 1.82) is 0 Å². The number of fused-ring (bicyclic) bond motifs is 1. The number of aromatic nitrogens is 1. The van der Waals surface area contributed by atoms with Gasteiger partial charge in [0.05, 0.1) is 6.04 Å². The molecule has 0 spiro atoms. The predicted octanol–water partition coefficient (Wildman–Crippen LogP) is 2.70. The Morgan fingerprint density at radius 2 is 1.88 bits per heavy atom. The van der Waals surface area contributed by atoms with Crippen molar-refractivity contribution in [2.75, 3.05) is 7.05 Å². The second kappa shape index (κ2) is 6.99. The Morgan fingerprint density at radius 3 is 2.54 bits per heavy atom. The highest BCUT2D eigenvalue weighted by Gasteiger charge is 2.30. The van der Waals surface area contributed by atoms with Crippen molar-refractivity contribution in [2.24, 2.45) is 18.9 Å². The molecule has 3 rings (SSSR count). The molecule has 5 nitrogen and oxygen atoms in total. The van der Waals surface area contributed by atoms with Gasteiger partial charge >= 0.3 is 0 Å². The Balaban J connectivity index is 1.75. The second-order valence-corrected chi connectivity index (χ2v) is 7.48. The zero-order chi connectivity index (χ0) is 17.3. The lowest BCUT2D eigenvalue weighted by Gasteiger charge is -2.29. The number of rotatable bonds is 3. The van der Waals surface area contributed by atoms with Crippen molar-refractivity contribution in [2.45, 2.75) is 57.9 Å². The van der Waals surface area contributed by atoms with Crippen molar-refractivity contribution < 1.29 is 9.59 Å². The fraction of sp³-hybridized carbons (Fsp3) is 0.684. The molecule has 0 saturated heterocycles. The van der Waals surface area contributed by atoms with Crippen LogP contribution < -0.4 is 10.6 Å². The van der Waals surface area contributed by atoms with Gasteiger partial charge in [-0.1, -0.05) is 6.92 Å². The summed E-state index contributed by atoms with van der Waals surface area (Å²) in [5, 5.41) is 5.97. The van der Waals surface area contributed by atoms with Gasteiger partial charge in [-0.05, 0) is 62.5 Å². The van der Waals surface area contributed by atoms with E-state index in [0.717, 1.165) is 56.4 Å². The maximum atomic E-state index is 12.7. The first-order chi connectivity index (χ1) is 11.5. The van der Waals surface area contributed by atoms with E-state index >= 15 is 0 Å². The minimum absolute atomic E-state index is 0.0465. The lowest BCUT2D eigenvalue weighted by Crippen LogP contribution is -2.36. The molecule has 5 heteroatoms. The molecule has 132 valence electrons. The number of hydrogen-bond donors (Lipinski definition) is 2. The average molecular weight is 331 g/mol. The Bertz CT molecular complexity index is 627. The molecule has 1 heterocycles. The molecular weight excluding hydrogens is 302 g/mol. The van der Waals surface area contributed by atoms with Crippen LogP contribution in [-0.4, -0.2) is 23.4 Å². The van der Waals surface area contributed by atoms with Gasteiger partial charge in [-0.3, -0.25) is 9.59 Å². The summed E-state index contributed by atoms with van der Waals surface area (Å²) in [6.07, 6.45) is 7.29. The molecule has 1 aromatic heterocycles. The van der Waals surface area contributed by atoms with Crippen molar-refractivity contribution >= 4 is 11.8 Å². The smallest absolute Gasteiger partial charge is 0.267 e. The molecule has 2 aliphatic rings. The Morgan fingerprint density at radius 1 is 1.17 bits per heavy atom. The molecule has 1 saturated carbocycles. The highest BCUT2D eigenvalue weighted by atomic mass is 16.2. The first-order valence-corrected chi connectivity index (χ1v) is 9.22. The topological polar surface area (TPSA) is 63.1 Å². The van der Waals surface area contributed by atoms with Gasteiger partial charge in [-0.25, -0.2) is 0 Å². The summed E-state index contributed by atoms with van der Waals surface area (Å²) in [5.74, 6) is 1.04. The van der Waals surface area contributed by atoms with Crippen LogP contribution in [0.1, 0.15) is 73.2 Å². The Kier molecular flexibility index (Phi) is 4.97. The van der Waals surface area contributed by atoms with Crippen LogP contribution in [0.3, 0.4) is 0 Å². The van der Waals surface area contributed by atoms with E-state index in [1.807, 2.05) is 17.7 Å². The van der Waals surface area contributed by atoms with Gasteiger partial charge in [-0.2, -0.15) is 0 Å². The van der Waals surface area contributed by atoms with Crippen LogP contribution in [0, 0.1) is 11.8 Å². The monoisotopic (exact) mass is 331 g/mol. The summed E-state index contributed by atoms with van der Waals surface area (Å²) in [6.45, 7) is 2.27. The van der Waals surface area contributed by atoms with Gasteiger partial charge in [-0.15, -0.1) is 0 Å². The average Bonchev–Trinajstić information content (AvgIpc) is 2.93. The molecule has 1 unspecified atom stereocenters. The number of nitrogens with zero attached hydrogens (tertiary/aromatic N) is 1. The third-order valence-corrected chi connectivity index (χ3v) is 5.84. The summed E-state index contributed by atoms with van der Waals surface area (Å²) < 4.78 is 1.98. The number of nitrogens with one attached hydrogen (secondary N) is 2. The molecule has 2 aliphatic carbocycles. The van der Waals surface area contributed by atoms with E-state index in [2.05, 4.69) is 17.6 Å². The quantitative estimate of drug-likeness (QED) is 0.894. The first kappa shape index (κ1) is 17.1. The van der Waals surface area contributed by atoms with Crippen LogP contribution in [0.5, 0.6) is 0 Å². The zero-order valence-electron chi connectivity index (χ0n) is 15.0. The van der Waals surface area contributed by atoms with Crippen molar-refractivity contribution in [3.8, 4) is 0 Å². The third kappa shape index (κ3) is 3.21. The molecule has 1 fully saturated rings. The van der Waals surface area contributed by atoms with Crippen LogP contribution in [0.25, 0.3) is 0 Å². The van der Waals surface area contributed by atoms with E-state index in [1.54, 1.807) is 7.05 Å². The minimum Gasteiger partial charge on any atom is -0.354 e. The SMILES string of the molecule is CNC(=O)c1cc2c(n1C)CCCC2NC(=O)C1CCC(C)CC1. The maximum Gasteiger partial charge on any atom is 0.267 e. The van der Waals surface area contributed by atoms with Crippen molar-refractivity contribution in [3.63, 3.8) is 0 Å². The van der Waals surface area contributed by atoms with Crippen molar-refractivity contribution in [3.05, 3.63) is 23.0 Å². The highest BCUT2D eigenvalue weighted by Crippen LogP contribution is 2.34. The molecule has 0 radical (unpaired) electrons. The van der Waals surface area contributed by atoms with E-state index in [0.29, 0.717) is 5.69 Å². The molecular formula is C19H29N3O2. The Hall–Kier alpha value is -1.78. The summed E-state index contributed by atoms with van der Waals surface area (Å²) in [6, 6.07) is 2.01. The maximum absolute atomic E-state index is 12.7. The first-order valence-electron chi connectivity index (χ1n) is 9.22. The van der Waals surface area contributed by atoms with Gasteiger partial charge in [0.25, 0.3) is 5.91 Å². The molecule has 0 aromatic carbocycles. The second-order valence-electron chi connectivity index (χ2n) is 7.48. The fourth-order valence-electron chi connectivity index (χ4n) is 4.22. The standard InChI is InChI=1S/C19H29N3O2/c1-12-7-9-13(10-8-12)18(23)21-15-5-4-6-16-14(15)11-17(22(16)3)19(24)20-2/h11-13,15H,4-10H2,1-3H3,(H,20,24)(H,21,23). The van der Waals surface area contributed by atoms with Crippen molar-refractivity contribution in [1.82, 2.24) is 15.2 Å². The van der Waals surface area contributed by atoms with Gasteiger partial charge in [0.2, 0.25) is 5.91 Å². The normalized spacial score (nSPS) is 26.5. The molecule has 2 N–H and O–H groups in total. The van der Waals surface area contributed by atoms with E-state index in [4.69, 9.17) is 0 Å². The van der Waals surface area contributed by atoms with Gasteiger partial charge in [0, 0.05) is 25.7 Å². The fourth-order valence-corrected chi connectivity index (χ4v) is 4.22. The lowest BCUT2D eigenvalue weighted by molar-refractivity contribution is -0.127. The number of carbonyl (C=O) groups excluding carboxylic acids is 2. The summed E-state index contributed by atoms with van der Waals surface area (Å²) >= 11 is 0. The lowest BCUT2D eigenvalue weighted by atomic mass is 9.82. The predicted molar refractivity (Wildman–Crippen MR) is 93.7 cm³/mol. The summed E-state index contributed by atoms with van der Waals surface area (Å²) in [5.41, 5.74) is 2.98. The highest BCUT2D eigenvalue weighted by molar-refractivity contribution is 5.93. The molecule has 1 atom stereocenters. The third-order valence-electron chi connectivity index (χ3n) is 5.84. The van der Waals surface area contributed by atoms with E-state index < -0.39 is 0 Å². The van der Waals surface area contributed by atoms with Crippen LogP contribution in [0.15, 0.2) is 6.07 Å². The number of carbonyl (C=O) groups is 2. The van der Waals surface area contributed by atoms with Gasteiger partial charge in [0.1, 0.15) is 5.69 Å². The van der Waals surface area contributed by atoms with Crippen LogP contribution in [-0.2, 0) is 18.3 Å². The number of hydrogen-bond acceptors (Lipinski definition) is 2. The van der Waals surface area contributed by atoms with E-state index in [-0.39, 0.29) is 23.8 Å².